The van der Waals surface area contributed by atoms with Gasteiger partial charge in [-0.25, -0.2) is 0 Å². The SMILES string of the molecule is CO[Si](CCCC=S)(OC)OC. The molecule has 0 bridgehead atoms. The van der Waals surface area contributed by atoms with Gasteiger partial charge in [-0.3, -0.25) is 0 Å². The van der Waals surface area contributed by atoms with Crippen LogP contribution in [0.4, 0.5) is 0 Å². The normalized spacial score (nSPS) is 11.6. The molecule has 0 rings (SSSR count). The van der Waals surface area contributed by atoms with E-state index >= 15 is 0 Å². The van der Waals surface area contributed by atoms with E-state index in [-0.39, 0.29) is 0 Å². The third-order valence-electron chi connectivity index (χ3n) is 1.74. The molecule has 0 N–H and O–H groups in total. The summed E-state index contributed by atoms with van der Waals surface area (Å²) < 4.78 is 15.7. The molecule has 0 saturated heterocycles. The second-order valence-electron chi connectivity index (χ2n) is 2.35. The zero-order chi connectivity index (χ0) is 9.45. The van der Waals surface area contributed by atoms with Crippen LogP contribution in [0.5, 0.6) is 0 Å². The quantitative estimate of drug-likeness (QED) is 0.361. The van der Waals surface area contributed by atoms with Gasteiger partial charge >= 0.3 is 8.80 Å². The number of hydrogen-bond acceptors (Lipinski definition) is 4. The molecule has 72 valence electrons. The fourth-order valence-electron chi connectivity index (χ4n) is 0.958. The second kappa shape index (κ2) is 6.68. The van der Waals surface area contributed by atoms with E-state index in [0.717, 1.165) is 18.9 Å². The van der Waals surface area contributed by atoms with Crippen molar-refractivity contribution in [2.24, 2.45) is 0 Å². The van der Waals surface area contributed by atoms with Gasteiger partial charge in [0, 0.05) is 27.4 Å². The van der Waals surface area contributed by atoms with Gasteiger partial charge in [0.1, 0.15) is 0 Å². The fraction of sp³-hybridized carbons (Fsp3) is 0.857. The first-order chi connectivity index (χ1) is 5.74. The lowest BCUT2D eigenvalue weighted by Gasteiger charge is -2.23. The van der Waals surface area contributed by atoms with Crippen LogP contribution in [-0.4, -0.2) is 35.5 Å². The molecule has 0 spiro atoms. The standard InChI is InChI=1S/C7H16O3SSi/c1-8-12(9-2,10-3)7-5-4-6-11/h6H,4-5,7H2,1-3H3. The Labute approximate surface area is 80.4 Å². The molecule has 12 heavy (non-hydrogen) atoms. The van der Waals surface area contributed by atoms with Crippen molar-refractivity contribution in [3.05, 3.63) is 0 Å². The molecule has 5 heteroatoms. The molecule has 0 aromatic rings. The summed E-state index contributed by atoms with van der Waals surface area (Å²) in [6.07, 6.45) is 1.87. The van der Waals surface area contributed by atoms with Gasteiger partial charge in [-0.05, 0) is 18.2 Å². The molecule has 0 aliphatic rings. The van der Waals surface area contributed by atoms with Gasteiger partial charge in [-0.2, -0.15) is 0 Å². The lowest BCUT2D eigenvalue weighted by Crippen LogP contribution is -2.42. The molecule has 0 fully saturated rings. The Balaban J connectivity index is 3.84. The van der Waals surface area contributed by atoms with E-state index in [0.29, 0.717) is 0 Å². The van der Waals surface area contributed by atoms with E-state index in [2.05, 4.69) is 0 Å². The van der Waals surface area contributed by atoms with Crippen LogP contribution >= 0.6 is 12.2 Å². The molecular formula is C7H16O3SSi. The van der Waals surface area contributed by atoms with Gasteiger partial charge in [0.15, 0.2) is 0 Å². The number of thiocarbonyl (C=S) groups is 1. The average Bonchev–Trinajstić information content (AvgIpc) is 2.14. The number of rotatable bonds is 7. The lowest BCUT2D eigenvalue weighted by atomic mass is 10.4. The summed E-state index contributed by atoms with van der Waals surface area (Å²) in [5.74, 6) is 0. The van der Waals surface area contributed by atoms with E-state index in [9.17, 15) is 0 Å². The molecule has 0 atom stereocenters. The Kier molecular flexibility index (Phi) is 6.78. The van der Waals surface area contributed by atoms with Crippen LogP contribution in [0, 0.1) is 0 Å². The minimum Gasteiger partial charge on any atom is -0.377 e. The largest absolute Gasteiger partial charge is 0.500 e. The summed E-state index contributed by atoms with van der Waals surface area (Å²) in [5.41, 5.74) is 0. The highest BCUT2D eigenvalue weighted by atomic mass is 32.1. The maximum Gasteiger partial charge on any atom is 0.500 e. The Hall–Kier alpha value is 0.187. The highest BCUT2D eigenvalue weighted by molar-refractivity contribution is 7.78. The van der Waals surface area contributed by atoms with Crippen molar-refractivity contribution in [1.29, 1.82) is 0 Å². The van der Waals surface area contributed by atoms with E-state index < -0.39 is 8.80 Å². The molecule has 0 heterocycles. The smallest absolute Gasteiger partial charge is 0.377 e. The maximum atomic E-state index is 5.23. The summed E-state index contributed by atoms with van der Waals surface area (Å²) in [7, 11) is 2.54. The Bertz CT molecular complexity index is 120. The minimum absolute atomic E-state index is 0.823. The predicted octanol–water partition coefficient (Wildman–Crippen LogP) is 1.64. The third-order valence-corrected chi connectivity index (χ3v) is 4.81. The van der Waals surface area contributed by atoms with Crippen molar-refractivity contribution in [3.8, 4) is 0 Å². The maximum absolute atomic E-state index is 5.23. The number of hydrogen-bond donors (Lipinski definition) is 0. The van der Waals surface area contributed by atoms with E-state index in [1.165, 1.54) is 0 Å². The molecular weight excluding hydrogens is 192 g/mol. The average molecular weight is 208 g/mol. The van der Waals surface area contributed by atoms with Crippen molar-refractivity contribution in [3.63, 3.8) is 0 Å². The Morgan fingerprint density at radius 3 is 2.00 bits per heavy atom. The van der Waals surface area contributed by atoms with E-state index in [4.69, 9.17) is 25.5 Å². The van der Waals surface area contributed by atoms with Crippen molar-refractivity contribution >= 4 is 26.4 Å². The third kappa shape index (κ3) is 3.73. The molecule has 0 unspecified atom stereocenters. The summed E-state index contributed by atoms with van der Waals surface area (Å²) in [6, 6.07) is 0.823. The summed E-state index contributed by atoms with van der Waals surface area (Å²) in [5, 5.41) is 1.72. The van der Waals surface area contributed by atoms with E-state index in [1.54, 1.807) is 26.7 Å². The van der Waals surface area contributed by atoms with Gasteiger partial charge in [0.05, 0.1) is 0 Å². The molecule has 3 nitrogen and oxygen atoms in total. The summed E-state index contributed by atoms with van der Waals surface area (Å²) in [4.78, 5) is 0. The molecule has 0 aromatic heterocycles. The molecule has 0 amide bonds. The van der Waals surface area contributed by atoms with Gasteiger partial charge in [0.2, 0.25) is 0 Å². The van der Waals surface area contributed by atoms with Crippen LogP contribution in [0.25, 0.3) is 0 Å². The van der Waals surface area contributed by atoms with Gasteiger partial charge < -0.3 is 13.3 Å². The fourth-order valence-corrected chi connectivity index (χ4v) is 2.87. The zero-order valence-electron chi connectivity index (χ0n) is 7.83. The van der Waals surface area contributed by atoms with Gasteiger partial charge in [-0.1, -0.05) is 12.2 Å². The Morgan fingerprint density at radius 2 is 1.67 bits per heavy atom. The molecule has 0 saturated carbocycles. The van der Waals surface area contributed by atoms with Crippen LogP contribution in [0.1, 0.15) is 12.8 Å². The van der Waals surface area contributed by atoms with Crippen molar-refractivity contribution in [2.75, 3.05) is 21.3 Å². The van der Waals surface area contributed by atoms with Gasteiger partial charge in [-0.15, -0.1) is 0 Å². The monoisotopic (exact) mass is 208 g/mol. The summed E-state index contributed by atoms with van der Waals surface area (Å²) >= 11 is 4.72. The topological polar surface area (TPSA) is 27.7 Å². The first-order valence-electron chi connectivity index (χ1n) is 3.83. The van der Waals surface area contributed by atoms with E-state index in [1.807, 2.05) is 0 Å². The molecule has 0 radical (unpaired) electrons. The number of unbranched alkanes of at least 4 members (excludes halogenated alkanes) is 1. The first-order valence-corrected chi connectivity index (χ1v) is 6.24. The molecule has 0 aromatic carbocycles. The van der Waals surface area contributed by atoms with Gasteiger partial charge in [0.25, 0.3) is 0 Å². The zero-order valence-corrected chi connectivity index (χ0v) is 9.65. The van der Waals surface area contributed by atoms with Crippen molar-refractivity contribution in [1.82, 2.24) is 0 Å². The summed E-state index contributed by atoms with van der Waals surface area (Å²) in [6.45, 7) is 0. The lowest BCUT2D eigenvalue weighted by molar-refractivity contribution is 0.123. The minimum atomic E-state index is -2.32. The van der Waals surface area contributed by atoms with Crippen molar-refractivity contribution in [2.45, 2.75) is 18.9 Å². The highest BCUT2D eigenvalue weighted by Crippen LogP contribution is 2.15. The molecule has 0 aliphatic carbocycles. The predicted molar refractivity (Wildman–Crippen MR) is 54.5 cm³/mol. The van der Waals surface area contributed by atoms with Crippen LogP contribution < -0.4 is 0 Å². The highest BCUT2D eigenvalue weighted by Gasteiger charge is 2.36. The van der Waals surface area contributed by atoms with Crippen LogP contribution in [0.2, 0.25) is 6.04 Å². The van der Waals surface area contributed by atoms with Crippen LogP contribution in [0.3, 0.4) is 0 Å². The van der Waals surface area contributed by atoms with Crippen LogP contribution in [-0.2, 0) is 13.3 Å². The van der Waals surface area contributed by atoms with Crippen LogP contribution in [0.15, 0.2) is 0 Å². The second-order valence-corrected chi connectivity index (χ2v) is 5.78. The molecule has 0 aliphatic heterocycles. The van der Waals surface area contributed by atoms with Crippen molar-refractivity contribution < 1.29 is 13.3 Å². The Morgan fingerprint density at radius 1 is 1.17 bits per heavy atom. The first kappa shape index (κ1) is 12.2.